The Bertz CT molecular complexity index is 450. The number of amides is 1. The summed E-state index contributed by atoms with van der Waals surface area (Å²) in [4.78, 5) is 16.7. The molecule has 1 aromatic rings. The lowest BCUT2D eigenvalue weighted by Gasteiger charge is -2.36. The predicted molar refractivity (Wildman–Crippen MR) is 87.6 cm³/mol. The van der Waals surface area contributed by atoms with Gasteiger partial charge in [0.2, 0.25) is 5.91 Å². The van der Waals surface area contributed by atoms with Gasteiger partial charge in [-0.1, -0.05) is 25.1 Å². The number of nitrogens with one attached hydrogen (secondary N) is 1. The minimum atomic E-state index is -0.108. The van der Waals surface area contributed by atoms with Crippen LogP contribution in [-0.2, 0) is 4.79 Å². The molecule has 0 unspecified atom stereocenters. The third-order valence-electron chi connectivity index (χ3n) is 4.22. The van der Waals surface area contributed by atoms with Crippen LogP contribution >= 0.6 is 0 Å². The van der Waals surface area contributed by atoms with Crippen LogP contribution in [0, 0.1) is 0 Å². The van der Waals surface area contributed by atoms with E-state index in [1.165, 1.54) is 5.69 Å². The summed E-state index contributed by atoms with van der Waals surface area (Å²) in [5.41, 5.74) is 1.16. The Morgan fingerprint density at radius 2 is 1.76 bits per heavy atom. The van der Waals surface area contributed by atoms with Gasteiger partial charge >= 0.3 is 0 Å². The molecule has 21 heavy (non-hydrogen) atoms. The molecule has 0 saturated carbocycles. The summed E-state index contributed by atoms with van der Waals surface area (Å²) in [5.74, 6) is 0.134. The molecule has 0 bridgehead atoms. The maximum atomic E-state index is 12.1. The van der Waals surface area contributed by atoms with Crippen LogP contribution in [0.4, 0.5) is 5.69 Å². The van der Waals surface area contributed by atoms with Crippen molar-refractivity contribution in [3.63, 3.8) is 0 Å². The molecular weight excluding hydrogens is 262 g/mol. The summed E-state index contributed by atoms with van der Waals surface area (Å²) in [6.07, 6.45) is 0.945. The number of para-hydroxylation sites is 1. The summed E-state index contributed by atoms with van der Waals surface area (Å²) >= 11 is 0. The molecule has 2 rings (SSSR count). The summed E-state index contributed by atoms with van der Waals surface area (Å²) in [6, 6.07) is 10.5. The summed E-state index contributed by atoms with van der Waals surface area (Å²) in [5, 5.41) is 3.10. The number of carbonyl (C=O) groups is 1. The van der Waals surface area contributed by atoms with Crippen LogP contribution in [0.5, 0.6) is 0 Å². The minimum absolute atomic E-state index is 0.108. The number of benzene rings is 1. The molecule has 0 aromatic heterocycles. The lowest BCUT2D eigenvalue weighted by molar-refractivity contribution is -0.123. The number of piperazine rings is 1. The fourth-order valence-electron chi connectivity index (χ4n) is 2.51. The average molecular weight is 289 g/mol. The Kier molecular flexibility index (Phi) is 5.23. The first-order valence-electron chi connectivity index (χ1n) is 7.83. The largest absolute Gasteiger partial charge is 0.369 e. The molecule has 1 aliphatic rings. The van der Waals surface area contributed by atoms with Gasteiger partial charge in [-0.3, -0.25) is 9.69 Å². The van der Waals surface area contributed by atoms with Crippen molar-refractivity contribution in [3.8, 4) is 0 Å². The first-order chi connectivity index (χ1) is 10.00. The van der Waals surface area contributed by atoms with Gasteiger partial charge < -0.3 is 10.2 Å². The lowest BCUT2D eigenvalue weighted by atomic mass is 10.0. The Morgan fingerprint density at radius 1 is 1.14 bits per heavy atom. The van der Waals surface area contributed by atoms with Crippen molar-refractivity contribution in [2.75, 3.05) is 37.6 Å². The Labute approximate surface area is 128 Å². The van der Waals surface area contributed by atoms with E-state index in [1.54, 1.807) is 0 Å². The van der Waals surface area contributed by atoms with E-state index in [4.69, 9.17) is 0 Å². The van der Waals surface area contributed by atoms with Crippen molar-refractivity contribution in [3.05, 3.63) is 30.3 Å². The zero-order chi connectivity index (χ0) is 15.3. The molecular formula is C17H27N3O. The van der Waals surface area contributed by atoms with Gasteiger partial charge in [0.15, 0.2) is 0 Å². The zero-order valence-corrected chi connectivity index (χ0v) is 13.4. The van der Waals surface area contributed by atoms with E-state index in [-0.39, 0.29) is 11.4 Å². The fraction of sp³-hybridized carbons (Fsp3) is 0.588. The molecule has 1 aliphatic heterocycles. The topological polar surface area (TPSA) is 35.6 Å². The molecule has 1 N–H and O–H groups in total. The quantitative estimate of drug-likeness (QED) is 0.902. The molecule has 1 saturated heterocycles. The van der Waals surface area contributed by atoms with E-state index < -0.39 is 0 Å². The van der Waals surface area contributed by atoms with E-state index in [0.717, 1.165) is 32.6 Å². The number of hydrogen-bond acceptors (Lipinski definition) is 3. The van der Waals surface area contributed by atoms with Crippen molar-refractivity contribution >= 4 is 11.6 Å². The molecule has 1 aromatic carbocycles. The molecule has 0 radical (unpaired) electrons. The number of rotatable bonds is 5. The maximum absolute atomic E-state index is 12.1. The summed E-state index contributed by atoms with van der Waals surface area (Å²) in [7, 11) is 0. The third-order valence-corrected chi connectivity index (χ3v) is 4.22. The van der Waals surface area contributed by atoms with Gasteiger partial charge in [0.1, 0.15) is 0 Å². The SMILES string of the molecule is CCC(C)(C)NC(=O)CN1CCN(c2ccccc2)CC1. The number of anilines is 1. The first kappa shape index (κ1) is 15.8. The van der Waals surface area contributed by atoms with Gasteiger partial charge in [-0.2, -0.15) is 0 Å². The molecule has 1 fully saturated rings. The molecule has 1 heterocycles. The van der Waals surface area contributed by atoms with Gasteiger partial charge in [0.25, 0.3) is 0 Å². The highest BCUT2D eigenvalue weighted by atomic mass is 16.2. The monoisotopic (exact) mass is 289 g/mol. The van der Waals surface area contributed by atoms with Gasteiger partial charge in [0.05, 0.1) is 6.54 Å². The molecule has 4 heteroatoms. The highest BCUT2D eigenvalue weighted by molar-refractivity contribution is 5.78. The second-order valence-electron chi connectivity index (χ2n) is 6.38. The van der Waals surface area contributed by atoms with Gasteiger partial charge in [-0.15, -0.1) is 0 Å². The van der Waals surface area contributed by atoms with Crippen LogP contribution < -0.4 is 10.2 Å². The second kappa shape index (κ2) is 6.94. The van der Waals surface area contributed by atoms with Crippen molar-refractivity contribution in [2.24, 2.45) is 0 Å². The maximum Gasteiger partial charge on any atom is 0.234 e. The van der Waals surface area contributed by atoms with E-state index in [1.807, 2.05) is 6.07 Å². The van der Waals surface area contributed by atoms with E-state index >= 15 is 0 Å². The van der Waals surface area contributed by atoms with Crippen LogP contribution in [0.3, 0.4) is 0 Å². The van der Waals surface area contributed by atoms with Crippen LogP contribution in [0.1, 0.15) is 27.2 Å². The number of nitrogens with zero attached hydrogens (tertiary/aromatic N) is 2. The van der Waals surface area contributed by atoms with E-state index in [9.17, 15) is 4.79 Å². The highest BCUT2D eigenvalue weighted by Gasteiger charge is 2.22. The van der Waals surface area contributed by atoms with Crippen LogP contribution in [0.2, 0.25) is 0 Å². The van der Waals surface area contributed by atoms with Crippen molar-refractivity contribution in [1.29, 1.82) is 0 Å². The summed E-state index contributed by atoms with van der Waals surface area (Å²) < 4.78 is 0. The van der Waals surface area contributed by atoms with E-state index in [2.05, 4.69) is 60.2 Å². The zero-order valence-electron chi connectivity index (χ0n) is 13.4. The Balaban J connectivity index is 1.78. The van der Waals surface area contributed by atoms with Crippen LogP contribution in [-0.4, -0.2) is 49.1 Å². The average Bonchev–Trinajstić information content (AvgIpc) is 2.48. The molecule has 0 atom stereocenters. The number of carbonyl (C=O) groups excluding carboxylic acids is 1. The molecule has 4 nitrogen and oxygen atoms in total. The second-order valence-corrected chi connectivity index (χ2v) is 6.38. The van der Waals surface area contributed by atoms with Crippen molar-refractivity contribution in [2.45, 2.75) is 32.7 Å². The lowest BCUT2D eigenvalue weighted by Crippen LogP contribution is -2.52. The molecule has 0 aliphatic carbocycles. The fourth-order valence-corrected chi connectivity index (χ4v) is 2.51. The van der Waals surface area contributed by atoms with Crippen molar-refractivity contribution < 1.29 is 4.79 Å². The minimum Gasteiger partial charge on any atom is -0.369 e. The Morgan fingerprint density at radius 3 is 2.33 bits per heavy atom. The Hall–Kier alpha value is -1.55. The smallest absolute Gasteiger partial charge is 0.234 e. The first-order valence-corrected chi connectivity index (χ1v) is 7.83. The number of hydrogen-bond donors (Lipinski definition) is 1. The standard InChI is InChI=1S/C17H27N3O/c1-4-17(2,3)18-16(21)14-19-10-12-20(13-11-19)15-8-6-5-7-9-15/h5-9H,4,10-14H2,1-3H3,(H,18,21). The molecule has 1 amide bonds. The van der Waals surface area contributed by atoms with Crippen LogP contribution in [0.25, 0.3) is 0 Å². The highest BCUT2D eigenvalue weighted by Crippen LogP contribution is 2.15. The molecule has 0 spiro atoms. The van der Waals surface area contributed by atoms with Gasteiger partial charge in [0, 0.05) is 37.4 Å². The van der Waals surface area contributed by atoms with Gasteiger partial charge in [-0.05, 0) is 32.4 Å². The summed E-state index contributed by atoms with van der Waals surface area (Å²) in [6.45, 7) is 10.6. The predicted octanol–water partition coefficient (Wildman–Crippen LogP) is 2.11. The van der Waals surface area contributed by atoms with Crippen molar-refractivity contribution in [1.82, 2.24) is 10.2 Å². The normalized spacial score (nSPS) is 16.8. The van der Waals surface area contributed by atoms with E-state index in [0.29, 0.717) is 6.54 Å². The van der Waals surface area contributed by atoms with Crippen LogP contribution in [0.15, 0.2) is 30.3 Å². The molecule has 116 valence electrons. The third kappa shape index (κ3) is 4.74. The van der Waals surface area contributed by atoms with Gasteiger partial charge in [-0.25, -0.2) is 0 Å².